The number of nitrogens with one attached hydrogen (secondary N) is 1. The molecule has 1 amide bonds. The van der Waals surface area contributed by atoms with Crippen molar-refractivity contribution in [3.05, 3.63) is 12.4 Å². The molecule has 0 radical (unpaired) electrons. The van der Waals surface area contributed by atoms with E-state index >= 15 is 0 Å². The summed E-state index contributed by atoms with van der Waals surface area (Å²) in [5, 5.41) is 15.3. The van der Waals surface area contributed by atoms with E-state index in [0.29, 0.717) is 12.1 Å². The van der Waals surface area contributed by atoms with E-state index in [4.69, 9.17) is 5.11 Å². The molecule has 0 aromatic carbocycles. The summed E-state index contributed by atoms with van der Waals surface area (Å²) in [5.41, 5.74) is 0.614. The van der Waals surface area contributed by atoms with Gasteiger partial charge < -0.3 is 10.4 Å². The first-order valence-electron chi connectivity index (χ1n) is 5.18. The van der Waals surface area contributed by atoms with Crippen LogP contribution in [-0.2, 0) is 16.1 Å². The summed E-state index contributed by atoms with van der Waals surface area (Å²) < 4.78 is 1.69. The van der Waals surface area contributed by atoms with Gasteiger partial charge in [0.05, 0.1) is 23.7 Å². The largest absolute Gasteiger partial charge is 0.481 e. The molecule has 6 heteroatoms. The fourth-order valence-electron chi connectivity index (χ4n) is 1.59. The number of carbonyl (C=O) groups is 2. The Bertz CT molecular complexity index is 427. The van der Waals surface area contributed by atoms with Crippen molar-refractivity contribution in [3.8, 4) is 0 Å². The third-order valence-corrected chi connectivity index (χ3v) is 2.67. The Labute approximate surface area is 92.3 Å². The number of hydrogen-bond donors (Lipinski definition) is 2. The minimum atomic E-state index is -0.899. The Morgan fingerprint density at radius 2 is 2.38 bits per heavy atom. The van der Waals surface area contributed by atoms with E-state index in [2.05, 4.69) is 10.4 Å². The predicted octanol–water partition coefficient (Wildman–Crippen LogP) is 0.562. The van der Waals surface area contributed by atoms with Crippen LogP contribution < -0.4 is 5.32 Å². The van der Waals surface area contributed by atoms with Crippen molar-refractivity contribution in [2.45, 2.75) is 19.9 Å². The maximum absolute atomic E-state index is 11.6. The highest BCUT2D eigenvalue weighted by Crippen LogP contribution is 2.39. The highest BCUT2D eigenvalue weighted by Gasteiger charge is 2.48. The molecule has 16 heavy (non-hydrogen) atoms. The quantitative estimate of drug-likeness (QED) is 0.781. The molecule has 0 saturated heterocycles. The topological polar surface area (TPSA) is 84.2 Å². The third kappa shape index (κ3) is 2.05. The first kappa shape index (κ1) is 10.7. The van der Waals surface area contributed by atoms with Crippen LogP contribution in [0.25, 0.3) is 0 Å². The number of anilines is 1. The average molecular weight is 223 g/mol. The van der Waals surface area contributed by atoms with Crippen molar-refractivity contribution < 1.29 is 14.7 Å². The molecule has 0 aliphatic heterocycles. The summed E-state index contributed by atoms with van der Waals surface area (Å²) in [4.78, 5) is 22.2. The first-order chi connectivity index (χ1) is 7.61. The van der Waals surface area contributed by atoms with Crippen LogP contribution in [0, 0.1) is 11.8 Å². The lowest BCUT2D eigenvalue weighted by molar-refractivity contribution is -0.139. The van der Waals surface area contributed by atoms with Crippen LogP contribution in [0.1, 0.15) is 13.3 Å². The molecule has 0 unspecified atom stereocenters. The standard InChI is InChI=1S/C10H13N3O3/c1-2-13-5-6(4-11-13)12-9(14)7-3-8(7)10(15)16/h4-5,7-8H,2-3H2,1H3,(H,12,14)(H,15,16)/t7-,8-/m1/s1. The van der Waals surface area contributed by atoms with Gasteiger partial charge in [-0.25, -0.2) is 0 Å². The molecular formula is C10H13N3O3. The maximum atomic E-state index is 11.6. The molecule has 1 heterocycles. The summed E-state index contributed by atoms with van der Waals surface area (Å²) in [7, 11) is 0. The number of nitrogens with zero attached hydrogens (tertiary/aromatic N) is 2. The summed E-state index contributed by atoms with van der Waals surface area (Å²) >= 11 is 0. The highest BCUT2D eigenvalue weighted by atomic mass is 16.4. The summed E-state index contributed by atoms with van der Waals surface area (Å²) in [5.74, 6) is -2.03. The summed E-state index contributed by atoms with van der Waals surface area (Å²) in [6, 6.07) is 0. The number of rotatable bonds is 4. The lowest BCUT2D eigenvalue weighted by Crippen LogP contribution is -2.16. The van der Waals surface area contributed by atoms with Gasteiger partial charge in [0.1, 0.15) is 0 Å². The minimum absolute atomic E-state index is 0.233. The zero-order valence-electron chi connectivity index (χ0n) is 8.88. The second-order valence-corrected chi connectivity index (χ2v) is 3.86. The van der Waals surface area contributed by atoms with Crippen LogP contribution in [0.3, 0.4) is 0 Å². The van der Waals surface area contributed by atoms with Gasteiger partial charge in [0.25, 0.3) is 0 Å². The van der Waals surface area contributed by atoms with E-state index in [-0.39, 0.29) is 11.8 Å². The predicted molar refractivity (Wildman–Crippen MR) is 55.8 cm³/mol. The second-order valence-electron chi connectivity index (χ2n) is 3.86. The molecule has 0 bridgehead atoms. The molecule has 1 aromatic rings. The van der Waals surface area contributed by atoms with Gasteiger partial charge in [0.2, 0.25) is 5.91 Å². The zero-order valence-corrected chi connectivity index (χ0v) is 8.88. The van der Waals surface area contributed by atoms with Gasteiger partial charge >= 0.3 is 5.97 Å². The van der Waals surface area contributed by atoms with Crippen LogP contribution in [-0.4, -0.2) is 26.8 Å². The Morgan fingerprint density at radius 1 is 1.62 bits per heavy atom. The number of aliphatic carboxylic acids is 1. The van der Waals surface area contributed by atoms with E-state index in [1.807, 2.05) is 6.92 Å². The van der Waals surface area contributed by atoms with Crippen molar-refractivity contribution in [1.29, 1.82) is 0 Å². The number of carboxylic acids is 1. The second kappa shape index (κ2) is 3.96. The van der Waals surface area contributed by atoms with E-state index in [0.717, 1.165) is 6.54 Å². The number of amides is 1. The van der Waals surface area contributed by atoms with Crippen molar-refractivity contribution in [2.75, 3.05) is 5.32 Å². The number of aromatic nitrogens is 2. The Balaban J connectivity index is 1.91. The van der Waals surface area contributed by atoms with Gasteiger partial charge in [-0.05, 0) is 13.3 Å². The molecule has 86 valence electrons. The molecule has 2 rings (SSSR count). The van der Waals surface area contributed by atoms with Gasteiger partial charge in [0, 0.05) is 12.7 Å². The lowest BCUT2D eigenvalue weighted by atomic mass is 10.3. The average Bonchev–Trinajstić information content (AvgIpc) is 2.94. The smallest absolute Gasteiger partial charge is 0.307 e. The Morgan fingerprint density at radius 3 is 2.88 bits per heavy atom. The molecule has 2 atom stereocenters. The van der Waals surface area contributed by atoms with Crippen LogP contribution in [0.15, 0.2) is 12.4 Å². The molecule has 1 saturated carbocycles. The number of carbonyl (C=O) groups excluding carboxylic acids is 1. The van der Waals surface area contributed by atoms with Crippen molar-refractivity contribution >= 4 is 17.6 Å². The molecule has 2 N–H and O–H groups in total. The van der Waals surface area contributed by atoms with Crippen molar-refractivity contribution in [2.24, 2.45) is 11.8 Å². The molecule has 6 nitrogen and oxygen atoms in total. The zero-order chi connectivity index (χ0) is 11.7. The van der Waals surface area contributed by atoms with Crippen molar-refractivity contribution in [3.63, 3.8) is 0 Å². The van der Waals surface area contributed by atoms with Gasteiger partial charge in [-0.15, -0.1) is 0 Å². The summed E-state index contributed by atoms with van der Waals surface area (Å²) in [6.45, 7) is 2.68. The minimum Gasteiger partial charge on any atom is -0.481 e. The normalized spacial score (nSPS) is 22.8. The molecule has 1 aromatic heterocycles. The van der Waals surface area contributed by atoms with Gasteiger partial charge in [0.15, 0.2) is 0 Å². The van der Waals surface area contributed by atoms with Crippen LogP contribution in [0.2, 0.25) is 0 Å². The summed E-state index contributed by atoms with van der Waals surface area (Å²) in [6.07, 6.45) is 3.71. The number of aryl methyl sites for hydroxylation is 1. The Hall–Kier alpha value is -1.85. The molecule has 1 aliphatic rings. The van der Waals surface area contributed by atoms with Crippen molar-refractivity contribution in [1.82, 2.24) is 9.78 Å². The van der Waals surface area contributed by atoms with Gasteiger partial charge in [-0.1, -0.05) is 0 Å². The lowest BCUT2D eigenvalue weighted by Gasteiger charge is -1.99. The SMILES string of the molecule is CCn1cc(NC(=O)[C@@H]2C[C@H]2C(=O)O)cn1. The fourth-order valence-corrected chi connectivity index (χ4v) is 1.59. The van der Waals surface area contributed by atoms with Gasteiger partial charge in [-0.3, -0.25) is 14.3 Å². The molecule has 1 fully saturated rings. The number of hydrogen-bond acceptors (Lipinski definition) is 3. The van der Waals surface area contributed by atoms with Crippen LogP contribution in [0.5, 0.6) is 0 Å². The van der Waals surface area contributed by atoms with Crippen LogP contribution >= 0.6 is 0 Å². The Kier molecular flexibility index (Phi) is 2.64. The van der Waals surface area contributed by atoms with E-state index in [1.165, 1.54) is 0 Å². The molecule has 1 aliphatic carbocycles. The fraction of sp³-hybridized carbons (Fsp3) is 0.500. The van der Waals surface area contributed by atoms with Crippen LogP contribution in [0.4, 0.5) is 5.69 Å². The maximum Gasteiger partial charge on any atom is 0.307 e. The van der Waals surface area contributed by atoms with Gasteiger partial charge in [-0.2, -0.15) is 5.10 Å². The van der Waals surface area contributed by atoms with E-state index < -0.39 is 11.9 Å². The third-order valence-electron chi connectivity index (χ3n) is 2.67. The number of carboxylic acid groups (broad SMARTS) is 1. The van der Waals surface area contributed by atoms with E-state index in [1.54, 1.807) is 17.1 Å². The first-order valence-corrected chi connectivity index (χ1v) is 5.18. The molecular weight excluding hydrogens is 210 g/mol. The molecule has 0 spiro atoms. The van der Waals surface area contributed by atoms with E-state index in [9.17, 15) is 9.59 Å². The monoisotopic (exact) mass is 223 g/mol. The highest BCUT2D eigenvalue weighted by molar-refractivity contribution is 5.98.